The molecular formula is C18H24N2O5. The first-order valence-electron chi connectivity index (χ1n) is 8.53. The number of carbonyl (C=O) groups excluding carboxylic acids is 1. The van der Waals surface area contributed by atoms with E-state index in [9.17, 15) is 14.7 Å². The van der Waals surface area contributed by atoms with Gasteiger partial charge in [0.25, 0.3) is 0 Å². The molecule has 1 N–H and O–H groups in total. The van der Waals surface area contributed by atoms with Gasteiger partial charge in [0.05, 0.1) is 32.8 Å². The zero-order valence-corrected chi connectivity index (χ0v) is 14.4. The summed E-state index contributed by atoms with van der Waals surface area (Å²) in [6.45, 7) is 3.53. The van der Waals surface area contributed by atoms with Crippen LogP contribution in [0.1, 0.15) is 11.5 Å². The Morgan fingerprint density at radius 1 is 1.28 bits per heavy atom. The van der Waals surface area contributed by atoms with Gasteiger partial charge in [-0.3, -0.25) is 14.5 Å². The van der Waals surface area contributed by atoms with Crippen molar-refractivity contribution in [3.8, 4) is 5.75 Å². The van der Waals surface area contributed by atoms with Crippen molar-refractivity contribution in [2.45, 2.75) is 5.92 Å². The first-order valence-corrected chi connectivity index (χ1v) is 8.53. The van der Waals surface area contributed by atoms with Crippen molar-refractivity contribution in [2.24, 2.45) is 5.92 Å². The number of hydrogen-bond donors (Lipinski definition) is 1. The summed E-state index contributed by atoms with van der Waals surface area (Å²) in [6, 6.07) is 7.52. The number of likely N-dealkylation sites (tertiary alicyclic amines) is 1. The lowest BCUT2D eigenvalue weighted by atomic mass is 9.89. The van der Waals surface area contributed by atoms with E-state index >= 15 is 0 Å². The van der Waals surface area contributed by atoms with E-state index in [1.807, 2.05) is 29.2 Å². The summed E-state index contributed by atoms with van der Waals surface area (Å²) >= 11 is 0. The van der Waals surface area contributed by atoms with Gasteiger partial charge in [-0.25, -0.2) is 0 Å². The maximum atomic E-state index is 12.4. The van der Waals surface area contributed by atoms with E-state index < -0.39 is 11.9 Å². The van der Waals surface area contributed by atoms with Gasteiger partial charge in [-0.15, -0.1) is 0 Å². The number of methoxy groups -OCH3 is 1. The first-order chi connectivity index (χ1) is 12.1. The fourth-order valence-electron chi connectivity index (χ4n) is 3.58. The van der Waals surface area contributed by atoms with E-state index in [2.05, 4.69) is 0 Å². The lowest BCUT2D eigenvalue weighted by Crippen LogP contribution is -2.45. The molecule has 0 aliphatic carbocycles. The van der Waals surface area contributed by atoms with Crippen LogP contribution < -0.4 is 4.74 Å². The second kappa shape index (κ2) is 7.84. The second-order valence-electron chi connectivity index (χ2n) is 6.52. The molecule has 2 atom stereocenters. The highest BCUT2D eigenvalue weighted by Gasteiger charge is 2.39. The smallest absolute Gasteiger partial charge is 0.308 e. The van der Waals surface area contributed by atoms with Gasteiger partial charge in [-0.1, -0.05) is 12.1 Å². The molecule has 7 nitrogen and oxygen atoms in total. The van der Waals surface area contributed by atoms with Crippen LogP contribution in [-0.2, 0) is 14.3 Å². The Hall–Kier alpha value is -2.12. The summed E-state index contributed by atoms with van der Waals surface area (Å²) in [5.41, 5.74) is 0.938. The highest BCUT2D eigenvalue weighted by atomic mass is 16.5. The van der Waals surface area contributed by atoms with Gasteiger partial charge >= 0.3 is 5.97 Å². The van der Waals surface area contributed by atoms with Crippen LogP contribution in [0.4, 0.5) is 0 Å². The molecule has 2 aliphatic rings. The molecule has 1 aromatic rings. The molecular weight excluding hydrogens is 324 g/mol. The summed E-state index contributed by atoms with van der Waals surface area (Å²) in [4.78, 5) is 27.9. The van der Waals surface area contributed by atoms with Gasteiger partial charge in [0.1, 0.15) is 5.75 Å². The Kier molecular flexibility index (Phi) is 5.55. The number of rotatable bonds is 5. The van der Waals surface area contributed by atoms with Crippen LogP contribution in [0, 0.1) is 5.92 Å². The number of carboxylic acids is 1. The van der Waals surface area contributed by atoms with Crippen LogP contribution in [0.5, 0.6) is 5.75 Å². The number of amides is 1. The molecule has 0 aromatic heterocycles. The third-order valence-corrected chi connectivity index (χ3v) is 4.96. The maximum Gasteiger partial charge on any atom is 0.308 e. The fraction of sp³-hybridized carbons (Fsp3) is 0.556. The average molecular weight is 348 g/mol. The predicted molar refractivity (Wildman–Crippen MR) is 90.7 cm³/mol. The molecule has 2 fully saturated rings. The molecule has 0 unspecified atom stereocenters. The Bertz CT molecular complexity index is 630. The Balaban J connectivity index is 1.69. The van der Waals surface area contributed by atoms with Crippen LogP contribution in [0.15, 0.2) is 24.3 Å². The van der Waals surface area contributed by atoms with Gasteiger partial charge in [0.2, 0.25) is 5.91 Å². The molecule has 136 valence electrons. The van der Waals surface area contributed by atoms with E-state index in [-0.39, 0.29) is 18.4 Å². The van der Waals surface area contributed by atoms with E-state index in [1.165, 1.54) is 0 Å². The van der Waals surface area contributed by atoms with Gasteiger partial charge in [-0.05, 0) is 17.7 Å². The monoisotopic (exact) mass is 348 g/mol. The molecule has 0 spiro atoms. The van der Waals surface area contributed by atoms with Crippen LogP contribution in [0.2, 0.25) is 0 Å². The molecule has 0 saturated carbocycles. The first kappa shape index (κ1) is 17.7. The zero-order valence-electron chi connectivity index (χ0n) is 14.4. The molecule has 7 heteroatoms. The van der Waals surface area contributed by atoms with Crippen LogP contribution in [0.25, 0.3) is 0 Å². The van der Waals surface area contributed by atoms with E-state index in [0.717, 1.165) is 5.56 Å². The predicted octanol–water partition coefficient (Wildman–Crippen LogP) is 0.654. The van der Waals surface area contributed by atoms with Crippen molar-refractivity contribution >= 4 is 11.9 Å². The van der Waals surface area contributed by atoms with Crippen LogP contribution in [-0.4, -0.2) is 79.8 Å². The normalized spacial score (nSPS) is 24.3. The minimum absolute atomic E-state index is 0.0405. The lowest BCUT2D eigenvalue weighted by Gasteiger charge is -2.28. The highest BCUT2D eigenvalue weighted by molar-refractivity contribution is 5.79. The molecule has 3 rings (SSSR count). The molecule has 0 bridgehead atoms. The Morgan fingerprint density at radius 3 is 2.72 bits per heavy atom. The summed E-state index contributed by atoms with van der Waals surface area (Å²) in [5, 5.41) is 9.60. The topological polar surface area (TPSA) is 79.3 Å². The summed E-state index contributed by atoms with van der Waals surface area (Å²) in [6.07, 6.45) is 0. The molecule has 1 aromatic carbocycles. The zero-order chi connectivity index (χ0) is 17.8. The van der Waals surface area contributed by atoms with Gasteiger partial charge in [0, 0.05) is 32.1 Å². The number of aliphatic carboxylic acids is 1. The number of carboxylic acid groups (broad SMARTS) is 1. The quantitative estimate of drug-likeness (QED) is 0.842. The van der Waals surface area contributed by atoms with Gasteiger partial charge in [0.15, 0.2) is 0 Å². The fourth-order valence-corrected chi connectivity index (χ4v) is 3.58. The van der Waals surface area contributed by atoms with E-state index in [1.54, 1.807) is 12.0 Å². The van der Waals surface area contributed by atoms with Crippen molar-refractivity contribution in [1.82, 2.24) is 9.80 Å². The van der Waals surface area contributed by atoms with Crippen molar-refractivity contribution < 1.29 is 24.2 Å². The van der Waals surface area contributed by atoms with Crippen molar-refractivity contribution in [3.05, 3.63) is 29.8 Å². The van der Waals surface area contributed by atoms with Gasteiger partial charge in [-0.2, -0.15) is 0 Å². The summed E-state index contributed by atoms with van der Waals surface area (Å²) in [7, 11) is 1.59. The standard InChI is InChI=1S/C18H24N2O5/c1-24-14-4-2-3-13(9-14)15-10-19(11-16(15)18(22)23)12-17(21)20-5-7-25-8-6-20/h2-4,9,15-16H,5-8,10-12H2,1H3,(H,22,23)/t15-,16+/m0/s1. The summed E-state index contributed by atoms with van der Waals surface area (Å²) < 4.78 is 10.5. The largest absolute Gasteiger partial charge is 0.497 e. The van der Waals surface area contributed by atoms with E-state index in [4.69, 9.17) is 9.47 Å². The number of ether oxygens (including phenoxy) is 2. The maximum absolute atomic E-state index is 12.4. The molecule has 2 aliphatic heterocycles. The van der Waals surface area contributed by atoms with Gasteiger partial charge < -0.3 is 19.5 Å². The minimum Gasteiger partial charge on any atom is -0.497 e. The molecule has 2 saturated heterocycles. The number of nitrogens with zero attached hydrogens (tertiary/aromatic N) is 2. The third kappa shape index (κ3) is 4.11. The summed E-state index contributed by atoms with van der Waals surface area (Å²) in [5.74, 6) is -0.743. The Labute approximate surface area is 147 Å². The van der Waals surface area contributed by atoms with Crippen molar-refractivity contribution in [3.63, 3.8) is 0 Å². The number of morpholine rings is 1. The van der Waals surface area contributed by atoms with Crippen LogP contribution in [0.3, 0.4) is 0 Å². The minimum atomic E-state index is -0.825. The van der Waals surface area contributed by atoms with Crippen molar-refractivity contribution in [2.75, 3.05) is 53.0 Å². The number of carbonyl (C=O) groups is 2. The Morgan fingerprint density at radius 2 is 2.04 bits per heavy atom. The van der Waals surface area contributed by atoms with Crippen LogP contribution >= 0.6 is 0 Å². The van der Waals surface area contributed by atoms with Crippen molar-refractivity contribution in [1.29, 1.82) is 0 Å². The highest BCUT2D eigenvalue weighted by Crippen LogP contribution is 2.34. The SMILES string of the molecule is COc1cccc([C@@H]2CN(CC(=O)N3CCOCC3)C[C@H]2C(=O)O)c1. The van der Waals surface area contributed by atoms with E-state index in [0.29, 0.717) is 45.1 Å². The molecule has 2 heterocycles. The molecule has 25 heavy (non-hydrogen) atoms. The third-order valence-electron chi connectivity index (χ3n) is 4.96. The molecule has 1 amide bonds. The molecule has 0 radical (unpaired) electrons. The lowest BCUT2D eigenvalue weighted by molar-refractivity contribution is -0.142. The average Bonchev–Trinajstić information content (AvgIpc) is 3.06. The second-order valence-corrected chi connectivity index (χ2v) is 6.52. The number of hydrogen-bond acceptors (Lipinski definition) is 5. The number of benzene rings is 1.